The Hall–Kier alpha value is -1.10. The minimum absolute atomic E-state index is 0.0352. The van der Waals surface area contributed by atoms with Gasteiger partial charge in [0.2, 0.25) is 0 Å². The number of aromatic nitrogens is 1. The Bertz CT molecular complexity index is 282. The van der Waals surface area contributed by atoms with E-state index in [0.29, 0.717) is 0 Å². The van der Waals surface area contributed by atoms with Crippen molar-refractivity contribution >= 4 is 17.3 Å². The van der Waals surface area contributed by atoms with Gasteiger partial charge >= 0.3 is 6.61 Å². The van der Waals surface area contributed by atoms with Crippen molar-refractivity contribution in [1.29, 1.82) is 0 Å². The van der Waals surface area contributed by atoms with Crippen LogP contribution in [0, 0.1) is 0 Å². The van der Waals surface area contributed by atoms with Gasteiger partial charge in [0, 0.05) is 6.20 Å². The number of alkyl halides is 2. The molecule has 66 valence electrons. The number of hydrogen-bond acceptors (Lipinski definition) is 3. The van der Waals surface area contributed by atoms with Crippen LogP contribution in [0.15, 0.2) is 12.4 Å². The van der Waals surface area contributed by atoms with Crippen molar-refractivity contribution in [2.24, 2.45) is 0 Å². The van der Waals surface area contributed by atoms with Crippen molar-refractivity contribution in [3.05, 3.63) is 17.4 Å². The van der Waals surface area contributed by atoms with E-state index in [1.165, 1.54) is 6.20 Å². The number of nitrogens with zero attached hydrogens (tertiary/aromatic N) is 1. The van der Waals surface area contributed by atoms with Gasteiger partial charge in [-0.3, -0.25) is 4.98 Å². The molecule has 12 heavy (non-hydrogen) atoms. The van der Waals surface area contributed by atoms with Gasteiger partial charge < -0.3 is 10.5 Å². The summed E-state index contributed by atoms with van der Waals surface area (Å²) in [6.45, 7) is -2.92. The number of anilines is 1. The molecule has 0 saturated carbocycles. The molecule has 1 rings (SSSR count). The molecule has 1 aromatic heterocycles. The molecule has 0 aliphatic carbocycles. The summed E-state index contributed by atoms with van der Waals surface area (Å²) < 4.78 is 27.4. The molecule has 0 amide bonds. The lowest BCUT2D eigenvalue weighted by atomic mass is 10.4. The number of pyridine rings is 1. The third kappa shape index (κ3) is 1.94. The number of halogens is 3. The van der Waals surface area contributed by atoms with Gasteiger partial charge in [0.1, 0.15) is 0 Å². The quantitative estimate of drug-likeness (QED) is 0.783. The van der Waals surface area contributed by atoms with Crippen molar-refractivity contribution in [1.82, 2.24) is 4.98 Å². The van der Waals surface area contributed by atoms with E-state index >= 15 is 0 Å². The largest absolute Gasteiger partial charge is 0.431 e. The molecule has 0 radical (unpaired) electrons. The molecule has 0 fully saturated rings. The second-order valence-electron chi connectivity index (χ2n) is 1.91. The molecular formula is C6H5ClF2N2O. The van der Waals surface area contributed by atoms with Gasteiger partial charge in [-0.05, 0) is 0 Å². The first kappa shape index (κ1) is 8.99. The standard InChI is InChI=1S/C6H5ClF2N2O/c7-3-1-11-2-4(5(3)10)12-6(8)9/h1-2,6H,(H2,10,11). The average Bonchev–Trinajstić information content (AvgIpc) is 1.98. The molecule has 1 heterocycles. The van der Waals surface area contributed by atoms with Gasteiger partial charge in [0.25, 0.3) is 0 Å². The molecule has 0 aliphatic rings. The summed E-state index contributed by atoms with van der Waals surface area (Å²) in [5, 5.41) is 0.0909. The molecular weight excluding hydrogens is 190 g/mol. The van der Waals surface area contributed by atoms with Gasteiger partial charge in [-0.1, -0.05) is 11.6 Å². The van der Waals surface area contributed by atoms with Crippen LogP contribution in [-0.4, -0.2) is 11.6 Å². The molecule has 0 unspecified atom stereocenters. The maximum atomic E-state index is 11.7. The van der Waals surface area contributed by atoms with Gasteiger partial charge in [-0.2, -0.15) is 8.78 Å². The summed E-state index contributed by atoms with van der Waals surface area (Å²) in [5.74, 6) is -0.211. The fraction of sp³-hybridized carbons (Fsp3) is 0.167. The molecule has 0 aromatic carbocycles. The van der Waals surface area contributed by atoms with E-state index in [-0.39, 0.29) is 16.5 Å². The Balaban J connectivity index is 2.92. The third-order valence-electron chi connectivity index (χ3n) is 1.12. The fourth-order valence-electron chi connectivity index (χ4n) is 0.617. The Labute approximate surface area is 72.1 Å². The minimum atomic E-state index is -2.92. The Morgan fingerprint density at radius 1 is 1.50 bits per heavy atom. The second kappa shape index (κ2) is 3.53. The van der Waals surface area contributed by atoms with E-state index in [4.69, 9.17) is 17.3 Å². The number of hydrogen-bond donors (Lipinski definition) is 1. The molecule has 0 aliphatic heterocycles. The van der Waals surface area contributed by atoms with Crippen LogP contribution in [0.1, 0.15) is 0 Å². The van der Waals surface area contributed by atoms with Gasteiger partial charge in [-0.25, -0.2) is 0 Å². The molecule has 2 N–H and O–H groups in total. The number of nitrogens with two attached hydrogens (primary N) is 1. The topological polar surface area (TPSA) is 48.1 Å². The number of nitrogen functional groups attached to an aromatic ring is 1. The zero-order chi connectivity index (χ0) is 9.14. The zero-order valence-electron chi connectivity index (χ0n) is 5.80. The normalized spacial score (nSPS) is 10.3. The summed E-state index contributed by atoms with van der Waals surface area (Å²) in [6.07, 6.45) is 2.32. The van der Waals surface area contributed by atoms with Crippen molar-refractivity contribution in [2.75, 3.05) is 5.73 Å². The van der Waals surface area contributed by atoms with E-state index in [9.17, 15) is 8.78 Å². The van der Waals surface area contributed by atoms with E-state index in [1.807, 2.05) is 0 Å². The van der Waals surface area contributed by atoms with Crippen LogP contribution in [0.4, 0.5) is 14.5 Å². The summed E-state index contributed by atoms with van der Waals surface area (Å²) in [7, 11) is 0. The Kier molecular flexibility index (Phi) is 2.65. The highest BCUT2D eigenvalue weighted by Gasteiger charge is 2.09. The number of rotatable bonds is 2. The van der Waals surface area contributed by atoms with Crippen molar-refractivity contribution < 1.29 is 13.5 Å². The summed E-state index contributed by atoms with van der Waals surface area (Å²) in [4.78, 5) is 3.53. The predicted octanol–water partition coefficient (Wildman–Crippen LogP) is 1.92. The second-order valence-corrected chi connectivity index (χ2v) is 2.32. The SMILES string of the molecule is Nc1c(Cl)cncc1OC(F)F. The van der Waals surface area contributed by atoms with Crippen molar-refractivity contribution in [2.45, 2.75) is 6.61 Å². The maximum absolute atomic E-state index is 11.7. The predicted molar refractivity (Wildman–Crippen MR) is 40.3 cm³/mol. The highest BCUT2D eigenvalue weighted by Crippen LogP contribution is 2.28. The van der Waals surface area contributed by atoms with Crippen LogP contribution in [0.2, 0.25) is 5.02 Å². The first-order valence-corrected chi connectivity index (χ1v) is 3.33. The lowest BCUT2D eigenvalue weighted by Crippen LogP contribution is -2.04. The van der Waals surface area contributed by atoms with Gasteiger partial charge in [-0.15, -0.1) is 0 Å². The van der Waals surface area contributed by atoms with Crippen LogP contribution in [0.25, 0.3) is 0 Å². The first-order valence-electron chi connectivity index (χ1n) is 2.95. The lowest BCUT2D eigenvalue weighted by molar-refractivity contribution is -0.0495. The Morgan fingerprint density at radius 2 is 2.17 bits per heavy atom. The highest BCUT2D eigenvalue weighted by molar-refractivity contribution is 6.33. The molecule has 6 heteroatoms. The van der Waals surface area contributed by atoms with Crippen molar-refractivity contribution in [3.63, 3.8) is 0 Å². The molecule has 0 atom stereocenters. The summed E-state index contributed by atoms with van der Waals surface area (Å²) in [5.41, 5.74) is 5.27. The van der Waals surface area contributed by atoms with E-state index in [1.54, 1.807) is 0 Å². The summed E-state index contributed by atoms with van der Waals surface area (Å²) >= 11 is 5.48. The Morgan fingerprint density at radius 3 is 2.75 bits per heavy atom. The van der Waals surface area contributed by atoms with E-state index in [0.717, 1.165) is 6.20 Å². The minimum Gasteiger partial charge on any atom is -0.431 e. The lowest BCUT2D eigenvalue weighted by Gasteiger charge is -2.06. The van der Waals surface area contributed by atoms with Crippen LogP contribution in [0.3, 0.4) is 0 Å². The maximum Gasteiger partial charge on any atom is 0.387 e. The molecule has 0 spiro atoms. The smallest absolute Gasteiger partial charge is 0.387 e. The summed E-state index contributed by atoms with van der Waals surface area (Å²) in [6, 6.07) is 0. The van der Waals surface area contributed by atoms with Gasteiger partial charge in [0.05, 0.1) is 16.9 Å². The molecule has 0 saturated heterocycles. The van der Waals surface area contributed by atoms with Gasteiger partial charge in [0.15, 0.2) is 5.75 Å². The van der Waals surface area contributed by atoms with E-state index < -0.39 is 6.61 Å². The van der Waals surface area contributed by atoms with Crippen molar-refractivity contribution in [3.8, 4) is 5.75 Å². The monoisotopic (exact) mass is 194 g/mol. The van der Waals surface area contributed by atoms with Crippen LogP contribution in [0.5, 0.6) is 5.75 Å². The average molecular weight is 195 g/mol. The molecule has 3 nitrogen and oxygen atoms in total. The van der Waals surface area contributed by atoms with Crippen LogP contribution < -0.4 is 10.5 Å². The zero-order valence-corrected chi connectivity index (χ0v) is 6.55. The first-order chi connectivity index (χ1) is 5.61. The van der Waals surface area contributed by atoms with Crippen LogP contribution >= 0.6 is 11.6 Å². The third-order valence-corrected chi connectivity index (χ3v) is 1.42. The molecule has 1 aromatic rings. The molecule has 0 bridgehead atoms. The van der Waals surface area contributed by atoms with E-state index in [2.05, 4.69) is 9.72 Å². The highest BCUT2D eigenvalue weighted by atomic mass is 35.5. The number of ether oxygens (including phenoxy) is 1. The fourth-order valence-corrected chi connectivity index (χ4v) is 0.767. The van der Waals surface area contributed by atoms with Crippen LogP contribution in [-0.2, 0) is 0 Å².